The fourth-order valence-corrected chi connectivity index (χ4v) is 4.56. The van der Waals surface area contributed by atoms with Gasteiger partial charge < -0.3 is 24.7 Å². The van der Waals surface area contributed by atoms with E-state index in [1.165, 1.54) is 0 Å². The van der Waals surface area contributed by atoms with Crippen LogP contribution in [0.4, 0.5) is 4.79 Å². The normalized spacial score (nSPS) is 24.1. The summed E-state index contributed by atoms with van der Waals surface area (Å²) in [5, 5.41) is 29.8. The molecule has 0 spiro atoms. The summed E-state index contributed by atoms with van der Waals surface area (Å²) in [6.45, 7) is 9.19. The number of ether oxygens (including phenoxy) is 1. The van der Waals surface area contributed by atoms with Gasteiger partial charge in [-0.1, -0.05) is 12.1 Å². The maximum atomic E-state index is 12.4. The van der Waals surface area contributed by atoms with Gasteiger partial charge in [0.05, 0.1) is 23.8 Å². The smallest absolute Gasteiger partial charge is 0.410 e. The van der Waals surface area contributed by atoms with E-state index in [4.69, 9.17) is 10.00 Å². The van der Waals surface area contributed by atoms with Gasteiger partial charge in [-0.15, -0.1) is 0 Å². The summed E-state index contributed by atoms with van der Waals surface area (Å²) < 4.78 is 5.52. The Balaban J connectivity index is 1.48. The summed E-state index contributed by atoms with van der Waals surface area (Å²) in [4.78, 5) is 16.5. The number of hydrogen-bond donors (Lipinski definition) is 2. The fourth-order valence-electron chi connectivity index (χ4n) is 4.56. The fraction of sp³-hybridized carbons (Fsp3) is 0.652. The molecule has 2 aliphatic rings. The second kappa shape index (κ2) is 9.34. The molecule has 3 rings (SSSR count). The molecule has 0 radical (unpaired) electrons. The van der Waals surface area contributed by atoms with Gasteiger partial charge in [-0.25, -0.2) is 4.79 Å². The highest BCUT2D eigenvalue weighted by atomic mass is 16.6. The number of β-amino-alcohol motifs (C(OH)–C–C–N with tert-alkyl or cyclic N) is 1. The second-order valence-corrected chi connectivity index (χ2v) is 9.71. The van der Waals surface area contributed by atoms with Crippen LogP contribution in [0.3, 0.4) is 0 Å². The molecular weight excluding hydrogens is 382 g/mol. The van der Waals surface area contributed by atoms with Crippen molar-refractivity contribution in [3.8, 4) is 6.07 Å². The van der Waals surface area contributed by atoms with Crippen LogP contribution in [-0.4, -0.2) is 70.5 Å². The van der Waals surface area contributed by atoms with Crippen molar-refractivity contribution < 1.29 is 19.7 Å². The molecule has 0 saturated carbocycles. The second-order valence-electron chi connectivity index (χ2n) is 9.71. The molecule has 1 amide bonds. The van der Waals surface area contributed by atoms with Crippen LogP contribution in [0, 0.1) is 23.2 Å². The summed E-state index contributed by atoms with van der Waals surface area (Å²) in [7, 11) is 0. The van der Waals surface area contributed by atoms with Gasteiger partial charge in [0.15, 0.2) is 0 Å². The number of nitriles is 1. The number of rotatable bonds is 5. The number of likely N-dealkylation sites (tertiary alicyclic amines) is 2. The van der Waals surface area contributed by atoms with E-state index in [0.717, 1.165) is 19.5 Å². The molecule has 4 atom stereocenters. The number of amides is 1. The lowest BCUT2D eigenvalue weighted by Gasteiger charge is -2.46. The van der Waals surface area contributed by atoms with E-state index in [2.05, 4.69) is 11.0 Å². The molecule has 2 unspecified atom stereocenters. The third-order valence-electron chi connectivity index (χ3n) is 5.70. The lowest BCUT2D eigenvalue weighted by molar-refractivity contribution is -0.0208. The Morgan fingerprint density at radius 3 is 2.30 bits per heavy atom. The summed E-state index contributed by atoms with van der Waals surface area (Å²) >= 11 is 0. The number of fused-ring (bicyclic) bond motifs is 2. The molecule has 2 bridgehead atoms. The maximum Gasteiger partial charge on any atom is 0.410 e. The zero-order valence-electron chi connectivity index (χ0n) is 18.1. The van der Waals surface area contributed by atoms with Gasteiger partial charge in [-0.2, -0.15) is 5.26 Å². The van der Waals surface area contributed by atoms with Crippen molar-refractivity contribution in [2.45, 2.75) is 51.4 Å². The summed E-state index contributed by atoms with van der Waals surface area (Å²) in [5.74, 6) is 0.751. The van der Waals surface area contributed by atoms with Gasteiger partial charge in [0, 0.05) is 39.1 Å². The number of hydrogen-bond acceptors (Lipinski definition) is 6. The van der Waals surface area contributed by atoms with Crippen LogP contribution in [0.5, 0.6) is 0 Å². The summed E-state index contributed by atoms with van der Waals surface area (Å²) in [6, 6.07) is 8.86. The third kappa shape index (κ3) is 6.18. The van der Waals surface area contributed by atoms with E-state index >= 15 is 0 Å². The van der Waals surface area contributed by atoms with Crippen molar-refractivity contribution in [1.82, 2.24) is 9.80 Å². The Kier molecular flexibility index (Phi) is 7.02. The predicted molar refractivity (Wildman–Crippen MR) is 113 cm³/mol. The zero-order chi connectivity index (χ0) is 21.9. The minimum Gasteiger partial charge on any atom is -0.444 e. The number of benzene rings is 1. The van der Waals surface area contributed by atoms with Crippen LogP contribution < -0.4 is 0 Å². The first-order chi connectivity index (χ1) is 14.1. The first-order valence-corrected chi connectivity index (χ1v) is 10.7. The molecule has 7 nitrogen and oxygen atoms in total. The average Bonchev–Trinajstić information content (AvgIpc) is 2.65. The summed E-state index contributed by atoms with van der Waals surface area (Å²) in [5.41, 5.74) is 0.763. The van der Waals surface area contributed by atoms with Gasteiger partial charge in [0.2, 0.25) is 0 Å². The van der Waals surface area contributed by atoms with Gasteiger partial charge in [0.1, 0.15) is 5.60 Å². The van der Waals surface area contributed by atoms with Gasteiger partial charge >= 0.3 is 6.09 Å². The number of piperidine rings is 2. The molecule has 7 heteroatoms. The number of carbonyl (C=O) groups is 1. The SMILES string of the molecule is CC(C)(C)OC(=O)N1C[C@@H]2C[C@@H](CN(CC(O)CC(O)c3ccc(C#N)cc3)C2)C1. The molecular formula is C23H33N3O4. The number of aliphatic hydroxyl groups excluding tert-OH is 2. The monoisotopic (exact) mass is 415 g/mol. The van der Waals surface area contributed by atoms with E-state index in [9.17, 15) is 15.0 Å². The minimum atomic E-state index is -0.764. The van der Waals surface area contributed by atoms with E-state index in [1.54, 1.807) is 24.3 Å². The van der Waals surface area contributed by atoms with Crippen molar-refractivity contribution in [1.29, 1.82) is 5.26 Å². The quantitative estimate of drug-likeness (QED) is 0.767. The third-order valence-corrected chi connectivity index (χ3v) is 5.70. The van der Waals surface area contributed by atoms with E-state index in [1.807, 2.05) is 25.7 Å². The highest BCUT2D eigenvalue weighted by Gasteiger charge is 2.37. The molecule has 1 aromatic rings. The highest BCUT2D eigenvalue weighted by molar-refractivity contribution is 5.68. The van der Waals surface area contributed by atoms with Gasteiger partial charge in [0.25, 0.3) is 0 Å². The Hall–Kier alpha value is -2.14. The molecule has 2 saturated heterocycles. The molecule has 2 heterocycles. The Morgan fingerprint density at radius 2 is 1.77 bits per heavy atom. The zero-order valence-corrected chi connectivity index (χ0v) is 18.1. The van der Waals surface area contributed by atoms with Crippen LogP contribution in [0.25, 0.3) is 0 Å². The van der Waals surface area contributed by atoms with Crippen molar-refractivity contribution in [3.63, 3.8) is 0 Å². The van der Waals surface area contributed by atoms with Crippen LogP contribution in [0.1, 0.15) is 50.8 Å². The highest BCUT2D eigenvalue weighted by Crippen LogP contribution is 2.30. The topological polar surface area (TPSA) is 97.0 Å². The van der Waals surface area contributed by atoms with Crippen LogP contribution >= 0.6 is 0 Å². The summed E-state index contributed by atoms with van der Waals surface area (Å²) in [6.07, 6.45) is -0.297. The van der Waals surface area contributed by atoms with Crippen molar-refractivity contribution in [2.24, 2.45) is 11.8 Å². The minimum absolute atomic E-state index is 0.240. The molecule has 0 aromatic heterocycles. The molecule has 2 aliphatic heterocycles. The predicted octanol–water partition coefficient (Wildman–Crippen LogP) is 2.53. The Labute approximate surface area is 178 Å². The lowest BCUT2D eigenvalue weighted by atomic mass is 9.84. The Bertz CT molecular complexity index is 754. The first kappa shape index (κ1) is 22.5. The van der Waals surface area contributed by atoms with Crippen LogP contribution in [-0.2, 0) is 4.74 Å². The number of nitrogens with zero attached hydrogens (tertiary/aromatic N) is 3. The van der Waals surface area contributed by atoms with Crippen molar-refractivity contribution >= 4 is 6.09 Å². The van der Waals surface area contributed by atoms with E-state index < -0.39 is 17.8 Å². The molecule has 30 heavy (non-hydrogen) atoms. The maximum absolute atomic E-state index is 12.4. The van der Waals surface area contributed by atoms with Crippen LogP contribution in [0.2, 0.25) is 0 Å². The van der Waals surface area contributed by atoms with Crippen molar-refractivity contribution in [3.05, 3.63) is 35.4 Å². The molecule has 164 valence electrons. The Morgan fingerprint density at radius 1 is 1.17 bits per heavy atom. The van der Waals surface area contributed by atoms with Gasteiger partial charge in [-0.3, -0.25) is 0 Å². The largest absolute Gasteiger partial charge is 0.444 e. The molecule has 2 N–H and O–H groups in total. The first-order valence-electron chi connectivity index (χ1n) is 10.7. The molecule has 2 fully saturated rings. The number of carbonyl (C=O) groups excluding carboxylic acids is 1. The average molecular weight is 416 g/mol. The van der Waals surface area contributed by atoms with E-state index in [0.29, 0.717) is 42.6 Å². The van der Waals surface area contributed by atoms with Crippen molar-refractivity contribution in [2.75, 3.05) is 32.7 Å². The number of aliphatic hydroxyl groups is 2. The van der Waals surface area contributed by atoms with Crippen LogP contribution in [0.15, 0.2) is 24.3 Å². The van der Waals surface area contributed by atoms with E-state index in [-0.39, 0.29) is 12.5 Å². The molecule has 0 aliphatic carbocycles. The molecule has 1 aromatic carbocycles. The standard InChI is InChI=1S/C23H33N3O4/c1-23(2,3)30-22(29)26-13-17-8-18(14-26)12-25(11-17)15-20(27)9-21(28)19-6-4-16(10-24)5-7-19/h4-7,17-18,20-21,27-28H,8-9,11-15H2,1-3H3/t17-,18+,20?,21?. The lowest BCUT2D eigenvalue weighted by Crippen LogP contribution is -2.55. The van der Waals surface area contributed by atoms with Gasteiger partial charge in [-0.05, 0) is 56.7 Å².